The van der Waals surface area contributed by atoms with Gasteiger partial charge in [-0.15, -0.1) is 0 Å². The van der Waals surface area contributed by atoms with E-state index < -0.39 is 6.18 Å². The van der Waals surface area contributed by atoms with E-state index in [1.807, 2.05) is 0 Å². The first-order chi connectivity index (χ1) is 8.02. The van der Waals surface area contributed by atoms with E-state index in [1.54, 1.807) is 0 Å². The fourth-order valence-electron chi connectivity index (χ4n) is 3.02. The monoisotopic (exact) mass is 248 g/mol. The zero-order valence-electron chi connectivity index (χ0n) is 9.84. The second kappa shape index (κ2) is 4.98. The minimum absolute atomic E-state index is 0.122. The van der Waals surface area contributed by atoms with Gasteiger partial charge < -0.3 is 5.73 Å². The summed E-state index contributed by atoms with van der Waals surface area (Å²) in [6.07, 6.45) is 0.672. The van der Waals surface area contributed by atoms with Crippen LogP contribution < -0.4 is 5.73 Å². The molecule has 2 atom stereocenters. The van der Waals surface area contributed by atoms with Gasteiger partial charge in [-0.3, -0.25) is 4.90 Å². The molecule has 98 valence electrons. The molecule has 0 radical (unpaired) electrons. The smallest absolute Gasteiger partial charge is 0.330 e. The summed E-state index contributed by atoms with van der Waals surface area (Å²) >= 11 is 0. The van der Waals surface area contributed by atoms with Crippen molar-refractivity contribution in [2.75, 3.05) is 19.6 Å². The van der Waals surface area contributed by atoms with Crippen molar-refractivity contribution in [1.29, 1.82) is 0 Å². The molecule has 5 heteroatoms. The largest absolute Gasteiger partial charge is 0.412 e. The molecule has 1 heterocycles. The van der Waals surface area contributed by atoms with E-state index in [2.05, 4.69) is 4.90 Å². The SMILES string of the molecule is NCC1CCCC1N1CC=C(C(F)(F)F)CC1. The van der Waals surface area contributed by atoms with Gasteiger partial charge in [0.1, 0.15) is 0 Å². The van der Waals surface area contributed by atoms with Crippen LogP contribution in [0.5, 0.6) is 0 Å². The first kappa shape index (κ1) is 12.9. The standard InChI is InChI=1S/C12H19F3N2/c13-12(14,15)10-4-6-17(7-5-10)11-3-1-2-9(11)8-16/h4,9,11H,1-3,5-8,16H2. The highest BCUT2D eigenvalue weighted by Crippen LogP contribution is 2.34. The third-order valence-corrected chi connectivity index (χ3v) is 4.00. The number of nitrogens with zero attached hydrogens (tertiary/aromatic N) is 1. The lowest BCUT2D eigenvalue weighted by Gasteiger charge is -2.35. The van der Waals surface area contributed by atoms with Crippen molar-refractivity contribution in [3.63, 3.8) is 0 Å². The van der Waals surface area contributed by atoms with E-state index in [0.717, 1.165) is 19.3 Å². The summed E-state index contributed by atoms with van der Waals surface area (Å²) in [5, 5.41) is 0. The van der Waals surface area contributed by atoms with E-state index >= 15 is 0 Å². The maximum absolute atomic E-state index is 12.5. The molecule has 2 N–H and O–H groups in total. The van der Waals surface area contributed by atoms with Crippen molar-refractivity contribution in [3.05, 3.63) is 11.6 Å². The van der Waals surface area contributed by atoms with E-state index in [0.29, 0.717) is 31.6 Å². The molecule has 0 saturated heterocycles. The summed E-state index contributed by atoms with van der Waals surface area (Å²) in [6, 6.07) is 0.394. The summed E-state index contributed by atoms with van der Waals surface area (Å²) in [5.41, 5.74) is 5.34. The summed E-state index contributed by atoms with van der Waals surface area (Å²) in [7, 11) is 0. The van der Waals surface area contributed by atoms with E-state index in [-0.39, 0.29) is 12.0 Å². The van der Waals surface area contributed by atoms with Gasteiger partial charge in [-0.2, -0.15) is 13.2 Å². The predicted molar refractivity (Wildman–Crippen MR) is 60.5 cm³/mol. The van der Waals surface area contributed by atoms with Crippen LogP contribution in [0.15, 0.2) is 11.6 Å². The van der Waals surface area contributed by atoms with Crippen molar-refractivity contribution in [1.82, 2.24) is 4.90 Å². The van der Waals surface area contributed by atoms with Gasteiger partial charge >= 0.3 is 6.18 Å². The van der Waals surface area contributed by atoms with Gasteiger partial charge in [0.15, 0.2) is 0 Å². The van der Waals surface area contributed by atoms with E-state index in [4.69, 9.17) is 5.73 Å². The third kappa shape index (κ3) is 2.83. The van der Waals surface area contributed by atoms with Crippen molar-refractivity contribution in [2.45, 2.75) is 37.9 Å². The van der Waals surface area contributed by atoms with Gasteiger partial charge in [-0.1, -0.05) is 12.5 Å². The van der Waals surface area contributed by atoms with Gasteiger partial charge in [0.25, 0.3) is 0 Å². The topological polar surface area (TPSA) is 29.3 Å². The van der Waals surface area contributed by atoms with Gasteiger partial charge in [0.05, 0.1) is 0 Å². The molecule has 1 saturated carbocycles. The minimum Gasteiger partial charge on any atom is -0.330 e. The van der Waals surface area contributed by atoms with Crippen molar-refractivity contribution < 1.29 is 13.2 Å². The second-order valence-corrected chi connectivity index (χ2v) is 4.97. The first-order valence-corrected chi connectivity index (χ1v) is 6.22. The lowest BCUT2D eigenvalue weighted by atomic mass is 9.99. The third-order valence-electron chi connectivity index (χ3n) is 4.00. The minimum atomic E-state index is -4.14. The highest BCUT2D eigenvalue weighted by molar-refractivity contribution is 5.13. The van der Waals surface area contributed by atoms with Crippen LogP contribution in [0.1, 0.15) is 25.7 Å². The van der Waals surface area contributed by atoms with Crippen molar-refractivity contribution in [3.8, 4) is 0 Å². The number of rotatable bonds is 2. The molecular weight excluding hydrogens is 229 g/mol. The molecule has 2 nitrogen and oxygen atoms in total. The molecule has 0 spiro atoms. The fraction of sp³-hybridized carbons (Fsp3) is 0.833. The van der Waals surface area contributed by atoms with Gasteiger partial charge in [-0.05, 0) is 31.7 Å². The summed E-state index contributed by atoms with van der Waals surface area (Å²) in [5.74, 6) is 0.468. The van der Waals surface area contributed by atoms with Crippen LogP contribution in [0.3, 0.4) is 0 Å². The molecule has 1 aliphatic carbocycles. The Hall–Kier alpha value is -0.550. The number of nitrogens with two attached hydrogens (primary N) is 1. The second-order valence-electron chi connectivity index (χ2n) is 4.97. The van der Waals surface area contributed by atoms with Crippen LogP contribution in [-0.4, -0.2) is 36.8 Å². The first-order valence-electron chi connectivity index (χ1n) is 6.22. The number of alkyl halides is 3. The maximum atomic E-state index is 12.5. The van der Waals surface area contributed by atoms with Gasteiger partial charge in [-0.25, -0.2) is 0 Å². The van der Waals surface area contributed by atoms with Crippen LogP contribution in [0.4, 0.5) is 13.2 Å². The molecule has 0 aromatic rings. The highest BCUT2D eigenvalue weighted by Gasteiger charge is 2.37. The van der Waals surface area contributed by atoms with Gasteiger partial charge in [0.2, 0.25) is 0 Å². The van der Waals surface area contributed by atoms with E-state index in [9.17, 15) is 13.2 Å². The number of hydrogen-bond donors (Lipinski definition) is 1. The number of hydrogen-bond acceptors (Lipinski definition) is 2. The lowest BCUT2D eigenvalue weighted by molar-refractivity contribution is -0.0965. The normalized spacial score (nSPS) is 31.6. The molecule has 0 bridgehead atoms. The zero-order chi connectivity index (χ0) is 12.5. The number of halogens is 3. The fourth-order valence-corrected chi connectivity index (χ4v) is 3.02. The predicted octanol–water partition coefficient (Wildman–Crippen LogP) is 2.31. The Bertz CT molecular complexity index is 299. The van der Waals surface area contributed by atoms with Gasteiger partial charge in [0, 0.05) is 24.7 Å². The molecule has 0 aromatic heterocycles. The Morgan fingerprint density at radius 2 is 2.12 bits per heavy atom. The quantitative estimate of drug-likeness (QED) is 0.760. The van der Waals surface area contributed by atoms with Crippen molar-refractivity contribution >= 4 is 0 Å². The average molecular weight is 248 g/mol. The summed E-state index contributed by atoms with van der Waals surface area (Å²) in [4.78, 5) is 2.17. The van der Waals surface area contributed by atoms with Crippen LogP contribution in [-0.2, 0) is 0 Å². The summed E-state index contributed by atoms with van der Waals surface area (Å²) in [6.45, 7) is 1.60. The molecule has 2 rings (SSSR count). The molecule has 1 aliphatic heterocycles. The average Bonchev–Trinajstić information content (AvgIpc) is 2.76. The Kier molecular flexibility index (Phi) is 3.78. The Morgan fingerprint density at radius 3 is 2.65 bits per heavy atom. The zero-order valence-corrected chi connectivity index (χ0v) is 9.84. The highest BCUT2D eigenvalue weighted by atomic mass is 19.4. The maximum Gasteiger partial charge on any atom is 0.412 e. The molecule has 0 amide bonds. The molecule has 2 aliphatic rings. The Morgan fingerprint density at radius 1 is 1.35 bits per heavy atom. The molecule has 2 unspecified atom stereocenters. The molecule has 0 aromatic carbocycles. The lowest BCUT2D eigenvalue weighted by Crippen LogP contribution is -2.43. The van der Waals surface area contributed by atoms with Crippen LogP contribution in [0.25, 0.3) is 0 Å². The van der Waals surface area contributed by atoms with Crippen LogP contribution in [0, 0.1) is 5.92 Å². The molecular formula is C12H19F3N2. The van der Waals surface area contributed by atoms with Crippen LogP contribution >= 0.6 is 0 Å². The summed E-state index contributed by atoms with van der Waals surface area (Å²) < 4.78 is 37.4. The molecule has 1 fully saturated rings. The van der Waals surface area contributed by atoms with Crippen LogP contribution in [0.2, 0.25) is 0 Å². The Balaban J connectivity index is 1.97. The van der Waals surface area contributed by atoms with E-state index in [1.165, 1.54) is 6.08 Å². The van der Waals surface area contributed by atoms with Crippen molar-refractivity contribution in [2.24, 2.45) is 11.7 Å². The Labute approximate surface area is 99.6 Å². The molecule has 17 heavy (non-hydrogen) atoms.